The van der Waals surface area contributed by atoms with Gasteiger partial charge in [-0.2, -0.15) is 0 Å². The van der Waals surface area contributed by atoms with Crippen molar-refractivity contribution in [1.82, 2.24) is 5.32 Å². The van der Waals surface area contributed by atoms with Crippen LogP contribution in [0.15, 0.2) is 48.5 Å². The Morgan fingerprint density at radius 3 is 2.25 bits per heavy atom. The number of benzene rings is 2. The normalized spacial score (nSPS) is 14.5. The van der Waals surface area contributed by atoms with Crippen LogP contribution in [0.25, 0.3) is 0 Å². The second kappa shape index (κ2) is 7.93. The lowest BCUT2D eigenvalue weighted by atomic mass is 10.0. The lowest BCUT2D eigenvalue weighted by Crippen LogP contribution is -2.43. The second-order valence-electron chi connectivity index (χ2n) is 5.87. The number of carbonyl (C=O) groups is 1. The Bertz CT molecular complexity index is 670. The number of aliphatic hydroxyl groups excluding tert-OH is 1. The van der Waals surface area contributed by atoms with Gasteiger partial charge in [0.25, 0.3) is 5.91 Å². The van der Waals surface area contributed by atoms with Gasteiger partial charge in [-0.3, -0.25) is 4.79 Å². The molecule has 2 aromatic carbocycles. The highest BCUT2D eigenvalue weighted by molar-refractivity contribution is 5.81. The van der Waals surface area contributed by atoms with Gasteiger partial charge >= 0.3 is 0 Å². The highest BCUT2D eigenvalue weighted by atomic mass is 19.1. The van der Waals surface area contributed by atoms with Gasteiger partial charge < -0.3 is 15.2 Å². The van der Waals surface area contributed by atoms with Gasteiger partial charge in [-0.1, -0.05) is 29.8 Å². The molecule has 1 amide bonds. The van der Waals surface area contributed by atoms with Crippen molar-refractivity contribution in [2.45, 2.75) is 39.0 Å². The van der Waals surface area contributed by atoms with Crippen molar-refractivity contribution in [3.05, 3.63) is 65.5 Å². The van der Waals surface area contributed by atoms with Gasteiger partial charge in [-0.05, 0) is 50.6 Å². The Balaban J connectivity index is 1.92. The van der Waals surface area contributed by atoms with Crippen molar-refractivity contribution in [3.63, 3.8) is 0 Å². The Morgan fingerprint density at radius 2 is 1.67 bits per heavy atom. The summed E-state index contributed by atoms with van der Waals surface area (Å²) in [6.07, 6.45) is -1.63. The number of aliphatic hydroxyl groups is 1. The first-order chi connectivity index (χ1) is 11.4. The lowest BCUT2D eigenvalue weighted by molar-refractivity contribution is -0.128. The molecule has 4 nitrogen and oxygen atoms in total. The van der Waals surface area contributed by atoms with E-state index in [1.807, 2.05) is 19.1 Å². The van der Waals surface area contributed by atoms with Crippen LogP contribution in [0, 0.1) is 12.7 Å². The van der Waals surface area contributed by atoms with Crippen molar-refractivity contribution in [2.75, 3.05) is 0 Å². The summed E-state index contributed by atoms with van der Waals surface area (Å²) < 4.78 is 18.5. The third-order valence-electron chi connectivity index (χ3n) is 3.76. The van der Waals surface area contributed by atoms with Crippen LogP contribution in [0.2, 0.25) is 0 Å². The van der Waals surface area contributed by atoms with Gasteiger partial charge in [0.05, 0.1) is 12.1 Å². The van der Waals surface area contributed by atoms with Crippen molar-refractivity contribution >= 4 is 5.91 Å². The van der Waals surface area contributed by atoms with Crippen molar-refractivity contribution in [2.24, 2.45) is 0 Å². The van der Waals surface area contributed by atoms with Crippen molar-refractivity contribution in [3.8, 4) is 5.75 Å². The molecule has 0 aliphatic heterocycles. The van der Waals surface area contributed by atoms with E-state index in [-0.39, 0.29) is 11.7 Å². The summed E-state index contributed by atoms with van der Waals surface area (Å²) in [6.45, 7) is 5.30. The molecule has 128 valence electrons. The number of carbonyl (C=O) groups excluding carboxylic acids is 1. The molecule has 0 heterocycles. The molecule has 3 atom stereocenters. The second-order valence-corrected chi connectivity index (χ2v) is 5.87. The molecule has 2 rings (SSSR count). The smallest absolute Gasteiger partial charge is 0.261 e. The van der Waals surface area contributed by atoms with Crippen LogP contribution in [0.5, 0.6) is 5.75 Å². The Kier molecular flexibility index (Phi) is 5.93. The molecule has 0 saturated heterocycles. The van der Waals surface area contributed by atoms with Crippen LogP contribution < -0.4 is 10.1 Å². The van der Waals surface area contributed by atoms with E-state index in [4.69, 9.17) is 4.74 Å². The van der Waals surface area contributed by atoms with E-state index in [1.165, 1.54) is 24.3 Å². The van der Waals surface area contributed by atoms with E-state index < -0.39 is 18.2 Å². The molecule has 0 bridgehead atoms. The van der Waals surface area contributed by atoms with Crippen molar-refractivity contribution < 1.29 is 19.0 Å². The van der Waals surface area contributed by atoms with Gasteiger partial charge in [-0.15, -0.1) is 0 Å². The molecular weight excluding hydrogens is 309 g/mol. The largest absolute Gasteiger partial charge is 0.481 e. The molecular formula is C19H22FNO3. The fraction of sp³-hybridized carbons (Fsp3) is 0.316. The first kappa shape index (κ1) is 17.9. The summed E-state index contributed by atoms with van der Waals surface area (Å²) >= 11 is 0. The van der Waals surface area contributed by atoms with E-state index in [0.717, 1.165) is 5.56 Å². The maximum absolute atomic E-state index is 12.9. The minimum Gasteiger partial charge on any atom is -0.481 e. The maximum Gasteiger partial charge on any atom is 0.261 e. The molecule has 0 aliphatic carbocycles. The maximum atomic E-state index is 12.9. The molecule has 0 aromatic heterocycles. The minimum atomic E-state index is -0.930. The van der Waals surface area contributed by atoms with Gasteiger partial charge in [-0.25, -0.2) is 4.39 Å². The first-order valence-corrected chi connectivity index (χ1v) is 7.84. The number of aryl methyl sites for hydroxylation is 1. The number of ether oxygens (including phenoxy) is 1. The van der Waals surface area contributed by atoms with Crippen LogP contribution in [0.4, 0.5) is 4.39 Å². The zero-order valence-electron chi connectivity index (χ0n) is 14.0. The van der Waals surface area contributed by atoms with Crippen LogP contribution >= 0.6 is 0 Å². The molecule has 2 N–H and O–H groups in total. The third kappa shape index (κ3) is 4.80. The monoisotopic (exact) mass is 331 g/mol. The topological polar surface area (TPSA) is 58.6 Å². The standard InChI is InChI=1S/C19H22FNO3/c1-12-4-10-17(11-5-12)24-14(3)19(23)21-13(2)18(22)15-6-8-16(20)9-7-15/h4-11,13-14,18,22H,1-3H3,(H,21,23). The van der Waals surface area contributed by atoms with E-state index in [1.54, 1.807) is 26.0 Å². The number of hydrogen-bond acceptors (Lipinski definition) is 3. The number of halogens is 1. The molecule has 0 saturated carbocycles. The zero-order valence-corrected chi connectivity index (χ0v) is 14.0. The quantitative estimate of drug-likeness (QED) is 0.855. The highest BCUT2D eigenvalue weighted by Gasteiger charge is 2.22. The number of hydrogen-bond donors (Lipinski definition) is 2. The van der Waals surface area contributed by atoms with Gasteiger partial charge in [0.1, 0.15) is 11.6 Å². The fourth-order valence-electron chi connectivity index (χ4n) is 2.24. The summed E-state index contributed by atoms with van der Waals surface area (Å²) in [6, 6.07) is 12.4. The van der Waals surface area contributed by atoms with Crippen LogP contribution in [0.3, 0.4) is 0 Å². The first-order valence-electron chi connectivity index (χ1n) is 7.84. The molecule has 0 spiro atoms. The van der Waals surface area contributed by atoms with E-state index in [9.17, 15) is 14.3 Å². The molecule has 3 unspecified atom stereocenters. The lowest BCUT2D eigenvalue weighted by Gasteiger charge is -2.23. The summed E-state index contributed by atoms with van der Waals surface area (Å²) in [5.74, 6) is -0.0954. The summed E-state index contributed by atoms with van der Waals surface area (Å²) in [5.41, 5.74) is 1.65. The molecule has 0 aliphatic rings. The van der Waals surface area contributed by atoms with E-state index in [0.29, 0.717) is 11.3 Å². The Labute approximate surface area is 141 Å². The van der Waals surface area contributed by atoms with Crippen LogP contribution in [0.1, 0.15) is 31.1 Å². The molecule has 2 aromatic rings. The Hall–Kier alpha value is -2.40. The predicted molar refractivity (Wildman–Crippen MR) is 90.2 cm³/mol. The van der Waals surface area contributed by atoms with Crippen LogP contribution in [-0.4, -0.2) is 23.2 Å². The van der Waals surface area contributed by atoms with Gasteiger partial charge in [0.2, 0.25) is 0 Å². The van der Waals surface area contributed by atoms with E-state index in [2.05, 4.69) is 5.32 Å². The highest BCUT2D eigenvalue weighted by Crippen LogP contribution is 2.18. The van der Waals surface area contributed by atoms with Crippen LogP contribution in [-0.2, 0) is 4.79 Å². The number of rotatable bonds is 6. The minimum absolute atomic E-state index is 0.329. The Morgan fingerprint density at radius 1 is 1.08 bits per heavy atom. The zero-order chi connectivity index (χ0) is 17.7. The average Bonchev–Trinajstić information content (AvgIpc) is 2.56. The summed E-state index contributed by atoms with van der Waals surface area (Å²) in [4.78, 5) is 12.2. The van der Waals surface area contributed by atoms with Gasteiger partial charge in [0.15, 0.2) is 6.10 Å². The fourth-order valence-corrected chi connectivity index (χ4v) is 2.24. The number of nitrogens with one attached hydrogen (secondary N) is 1. The SMILES string of the molecule is Cc1ccc(OC(C)C(=O)NC(C)C(O)c2ccc(F)cc2)cc1. The summed E-state index contributed by atoms with van der Waals surface area (Å²) in [5, 5.41) is 13.0. The molecule has 24 heavy (non-hydrogen) atoms. The average molecular weight is 331 g/mol. The summed E-state index contributed by atoms with van der Waals surface area (Å²) in [7, 11) is 0. The predicted octanol–water partition coefficient (Wildman–Crippen LogP) is 3.14. The molecule has 5 heteroatoms. The molecule has 0 radical (unpaired) electrons. The van der Waals surface area contributed by atoms with Gasteiger partial charge in [0, 0.05) is 0 Å². The van der Waals surface area contributed by atoms with Crippen molar-refractivity contribution in [1.29, 1.82) is 0 Å². The number of amides is 1. The molecule has 0 fully saturated rings. The van der Waals surface area contributed by atoms with E-state index >= 15 is 0 Å². The third-order valence-corrected chi connectivity index (χ3v) is 3.76.